The minimum absolute atomic E-state index is 0.281. The molecule has 2 rings (SSSR count). The molecule has 1 amide bonds. The highest BCUT2D eigenvalue weighted by Crippen LogP contribution is 2.27. The average molecular weight is 364 g/mol. The van der Waals surface area contributed by atoms with Crippen molar-refractivity contribution in [3.63, 3.8) is 0 Å². The minimum Gasteiger partial charge on any atom is -0.495 e. The van der Waals surface area contributed by atoms with E-state index in [9.17, 15) is 9.59 Å². The topological polar surface area (TPSA) is 73.9 Å². The molecule has 0 aliphatic rings. The van der Waals surface area contributed by atoms with Gasteiger partial charge in [-0.2, -0.15) is 0 Å². The van der Waals surface area contributed by atoms with Crippen LogP contribution in [0.4, 0.5) is 5.69 Å². The van der Waals surface area contributed by atoms with Crippen molar-refractivity contribution in [1.82, 2.24) is 0 Å². The van der Waals surface area contributed by atoms with Crippen LogP contribution in [-0.4, -0.2) is 32.2 Å². The lowest BCUT2D eigenvalue weighted by atomic mass is 10.2. The first-order chi connectivity index (χ1) is 12.0. The number of amides is 1. The third-order valence-electron chi connectivity index (χ3n) is 3.15. The number of carbonyl (C=O) groups is 2. The van der Waals surface area contributed by atoms with Gasteiger partial charge in [-0.15, -0.1) is 0 Å². The zero-order chi connectivity index (χ0) is 18.2. The predicted octanol–water partition coefficient (Wildman–Crippen LogP) is 3.22. The molecule has 0 spiro atoms. The molecular weight excluding hydrogens is 346 g/mol. The maximum atomic E-state index is 11.9. The summed E-state index contributed by atoms with van der Waals surface area (Å²) < 4.78 is 15.3. The lowest BCUT2D eigenvalue weighted by Gasteiger charge is -2.11. The lowest BCUT2D eigenvalue weighted by Crippen LogP contribution is -2.23. The summed E-state index contributed by atoms with van der Waals surface area (Å²) >= 11 is 5.89. The predicted molar refractivity (Wildman–Crippen MR) is 94.3 cm³/mol. The van der Waals surface area contributed by atoms with Crippen molar-refractivity contribution in [2.75, 3.05) is 25.6 Å². The van der Waals surface area contributed by atoms with E-state index in [0.29, 0.717) is 22.2 Å². The fraction of sp³-hybridized carbons (Fsp3) is 0.222. The first-order valence-corrected chi connectivity index (χ1v) is 7.84. The molecule has 0 bridgehead atoms. The van der Waals surface area contributed by atoms with Crippen molar-refractivity contribution in [3.05, 3.63) is 53.1 Å². The Balaban J connectivity index is 1.79. The Labute approximate surface area is 150 Å². The highest BCUT2D eigenvalue weighted by molar-refractivity contribution is 6.31. The van der Waals surface area contributed by atoms with E-state index in [2.05, 4.69) is 5.32 Å². The van der Waals surface area contributed by atoms with Gasteiger partial charge < -0.3 is 19.5 Å². The minimum atomic E-state index is -0.644. The van der Waals surface area contributed by atoms with Gasteiger partial charge in [-0.25, -0.2) is 4.79 Å². The number of methoxy groups -OCH3 is 1. The number of anilines is 1. The molecule has 6 nitrogen and oxygen atoms in total. The van der Waals surface area contributed by atoms with Gasteiger partial charge in [0.2, 0.25) is 0 Å². The highest BCUT2D eigenvalue weighted by Gasteiger charge is 2.11. The number of rotatable bonds is 7. The van der Waals surface area contributed by atoms with Gasteiger partial charge in [0.25, 0.3) is 5.91 Å². The van der Waals surface area contributed by atoms with Crippen LogP contribution in [0.5, 0.6) is 11.5 Å². The van der Waals surface area contributed by atoms with Crippen LogP contribution in [0.3, 0.4) is 0 Å². The van der Waals surface area contributed by atoms with Crippen LogP contribution < -0.4 is 14.8 Å². The largest absolute Gasteiger partial charge is 0.495 e. The van der Waals surface area contributed by atoms with Gasteiger partial charge in [0, 0.05) is 5.02 Å². The highest BCUT2D eigenvalue weighted by atomic mass is 35.5. The molecule has 0 fully saturated rings. The third kappa shape index (κ3) is 6.00. The molecule has 2 aromatic carbocycles. The van der Waals surface area contributed by atoms with Gasteiger partial charge in [0.15, 0.2) is 13.2 Å². The van der Waals surface area contributed by atoms with Crippen LogP contribution in [-0.2, 0) is 14.3 Å². The summed E-state index contributed by atoms with van der Waals surface area (Å²) in [5.74, 6) is -0.142. The molecule has 0 aromatic heterocycles. The van der Waals surface area contributed by atoms with Crippen molar-refractivity contribution >= 4 is 29.2 Å². The number of benzene rings is 2. The molecule has 132 valence electrons. The van der Waals surface area contributed by atoms with E-state index < -0.39 is 18.5 Å². The van der Waals surface area contributed by atoms with Crippen LogP contribution >= 0.6 is 11.6 Å². The molecule has 7 heteroatoms. The number of nitrogens with one attached hydrogen (secondary N) is 1. The average Bonchev–Trinajstić information content (AvgIpc) is 2.58. The second-order valence-electron chi connectivity index (χ2n) is 5.16. The first-order valence-electron chi connectivity index (χ1n) is 7.46. The van der Waals surface area contributed by atoms with Crippen molar-refractivity contribution in [2.45, 2.75) is 6.92 Å². The Morgan fingerprint density at radius 1 is 1.12 bits per heavy atom. The van der Waals surface area contributed by atoms with Gasteiger partial charge in [-0.05, 0) is 42.8 Å². The zero-order valence-electron chi connectivity index (χ0n) is 13.9. The van der Waals surface area contributed by atoms with Gasteiger partial charge in [-0.1, -0.05) is 23.7 Å². The Hall–Kier alpha value is -2.73. The number of esters is 1. The quantitative estimate of drug-likeness (QED) is 0.764. The second kappa shape index (κ2) is 8.94. The Morgan fingerprint density at radius 3 is 2.64 bits per heavy atom. The Kier molecular flexibility index (Phi) is 6.65. The number of ether oxygens (including phenoxy) is 3. The number of carbonyl (C=O) groups excluding carboxylic acids is 2. The van der Waals surface area contributed by atoms with E-state index in [4.69, 9.17) is 25.8 Å². The fourth-order valence-electron chi connectivity index (χ4n) is 2.00. The summed E-state index contributed by atoms with van der Waals surface area (Å²) in [6, 6.07) is 12.1. The van der Waals surface area contributed by atoms with E-state index in [0.717, 1.165) is 5.56 Å². The van der Waals surface area contributed by atoms with Gasteiger partial charge in [-0.3, -0.25) is 4.79 Å². The molecule has 1 N–H and O–H groups in total. The number of aryl methyl sites for hydroxylation is 1. The molecule has 0 heterocycles. The summed E-state index contributed by atoms with van der Waals surface area (Å²) in [5, 5.41) is 3.02. The van der Waals surface area contributed by atoms with E-state index in [-0.39, 0.29) is 6.61 Å². The zero-order valence-corrected chi connectivity index (χ0v) is 14.6. The molecule has 0 saturated heterocycles. The van der Waals surface area contributed by atoms with Crippen LogP contribution in [0.25, 0.3) is 0 Å². The number of hydrogen-bond donors (Lipinski definition) is 1. The monoisotopic (exact) mass is 363 g/mol. The van der Waals surface area contributed by atoms with E-state index in [1.54, 1.807) is 30.3 Å². The smallest absolute Gasteiger partial charge is 0.344 e. The van der Waals surface area contributed by atoms with Crippen molar-refractivity contribution < 1.29 is 23.8 Å². The Bertz CT molecular complexity index is 763. The first kappa shape index (κ1) is 18.6. The summed E-state index contributed by atoms with van der Waals surface area (Å²) in [7, 11) is 1.47. The van der Waals surface area contributed by atoms with E-state index >= 15 is 0 Å². The van der Waals surface area contributed by atoms with Crippen molar-refractivity contribution in [3.8, 4) is 11.5 Å². The molecule has 0 aliphatic heterocycles. The number of hydrogen-bond acceptors (Lipinski definition) is 5. The SMILES string of the molecule is COc1ccc(Cl)cc1NC(=O)COC(=O)COc1cccc(C)c1. The van der Waals surface area contributed by atoms with Crippen molar-refractivity contribution in [2.24, 2.45) is 0 Å². The van der Waals surface area contributed by atoms with Crippen LogP contribution in [0.15, 0.2) is 42.5 Å². The number of halogens is 1. The van der Waals surface area contributed by atoms with Crippen LogP contribution in [0.1, 0.15) is 5.56 Å². The molecular formula is C18H18ClNO5. The summed E-state index contributed by atoms with van der Waals surface area (Å²) in [6.45, 7) is 1.20. The van der Waals surface area contributed by atoms with Gasteiger partial charge >= 0.3 is 5.97 Å². The van der Waals surface area contributed by atoms with E-state index in [1.165, 1.54) is 7.11 Å². The van der Waals surface area contributed by atoms with Gasteiger partial charge in [0.05, 0.1) is 12.8 Å². The van der Waals surface area contributed by atoms with Crippen molar-refractivity contribution in [1.29, 1.82) is 0 Å². The van der Waals surface area contributed by atoms with Crippen LogP contribution in [0, 0.1) is 6.92 Å². The maximum absolute atomic E-state index is 11.9. The lowest BCUT2D eigenvalue weighted by molar-refractivity contribution is -0.149. The summed E-state index contributed by atoms with van der Waals surface area (Å²) in [4.78, 5) is 23.5. The molecule has 25 heavy (non-hydrogen) atoms. The van der Waals surface area contributed by atoms with E-state index in [1.807, 2.05) is 19.1 Å². The summed E-state index contributed by atoms with van der Waals surface area (Å²) in [5.41, 5.74) is 1.41. The molecule has 0 saturated carbocycles. The fourth-order valence-corrected chi connectivity index (χ4v) is 2.17. The standard InChI is InChI=1S/C18H18ClNO5/c1-12-4-3-5-14(8-12)24-11-18(22)25-10-17(21)20-15-9-13(19)6-7-16(15)23-2/h3-9H,10-11H2,1-2H3,(H,20,21). The second-order valence-corrected chi connectivity index (χ2v) is 5.60. The molecule has 0 unspecified atom stereocenters. The third-order valence-corrected chi connectivity index (χ3v) is 3.38. The maximum Gasteiger partial charge on any atom is 0.344 e. The molecule has 2 aromatic rings. The van der Waals surface area contributed by atoms with Crippen LogP contribution in [0.2, 0.25) is 5.02 Å². The summed E-state index contributed by atoms with van der Waals surface area (Å²) in [6.07, 6.45) is 0. The Morgan fingerprint density at radius 2 is 1.92 bits per heavy atom. The van der Waals surface area contributed by atoms with Gasteiger partial charge in [0.1, 0.15) is 11.5 Å². The molecule has 0 radical (unpaired) electrons. The molecule has 0 aliphatic carbocycles. The molecule has 0 atom stereocenters. The normalized spacial score (nSPS) is 10.0.